The minimum Gasteiger partial charge on any atom is -0.478 e. The molecule has 0 aliphatic rings. The third-order valence-electron chi connectivity index (χ3n) is 2.37. The van der Waals surface area contributed by atoms with Crippen molar-refractivity contribution in [1.29, 1.82) is 0 Å². The molecule has 0 atom stereocenters. The molecule has 1 aromatic heterocycles. The quantitative estimate of drug-likeness (QED) is 0.340. The minimum absolute atomic E-state index is 0.160. The zero-order valence-electron chi connectivity index (χ0n) is 12.9. The fourth-order valence-electron chi connectivity index (χ4n) is 1.49. The number of aromatic nitrogens is 1. The van der Waals surface area contributed by atoms with Crippen molar-refractivity contribution in [2.75, 3.05) is 25.1 Å². The molecule has 1 N–H and O–H groups in total. The number of hydrogen-bond donors (Lipinski definition) is 1. The van der Waals surface area contributed by atoms with Crippen molar-refractivity contribution in [1.82, 2.24) is 4.98 Å². The first-order chi connectivity index (χ1) is 10.6. The number of nitrogens with one attached hydrogen (secondary N) is 1. The van der Waals surface area contributed by atoms with Crippen LogP contribution >= 0.6 is 0 Å². The SMILES string of the molecule is CCOC(=O)C(=CNc1cccc(OCC)n1)C(=O)OCC. The Labute approximate surface area is 129 Å². The van der Waals surface area contributed by atoms with Gasteiger partial charge in [-0.2, -0.15) is 4.98 Å². The largest absolute Gasteiger partial charge is 0.478 e. The van der Waals surface area contributed by atoms with E-state index < -0.39 is 11.9 Å². The molecule has 1 heterocycles. The van der Waals surface area contributed by atoms with Crippen LogP contribution in [0.1, 0.15) is 20.8 Å². The molecule has 0 unspecified atom stereocenters. The lowest BCUT2D eigenvalue weighted by molar-refractivity contribution is -0.146. The van der Waals surface area contributed by atoms with Gasteiger partial charge in [-0.15, -0.1) is 0 Å². The molecule has 0 aliphatic heterocycles. The highest BCUT2D eigenvalue weighted by atomic mass is 16.6. The molecule has 120 valence electrons. The highest BCUT2D eigenvalue weighted by molar-refractivity contribution is 6.14. The number of ether oxygens (including phenoxy) is 3. The van der Waals surface area contributed by atoms with Crippen LogP contribution in [0.5, 0.6) is 5.88 Å². The van der Waals surface area contributed by atoms with Gasteiger partial charge in [0.2, 0.25) is 5.88 Å². The first-order valence-corrected chi connectivity index (χ1v) is 7.03. The van der Waals surface area contributed by atoms with Crippen LogP contribution in [0.3, 0.4) is 0 Å². The van der Waals surface area contributed by atoms with Crippen molar-refractivity contribution in [3.05, 3.63) is 30.0 Å². The lowest BCUT2D eigenvalue weighted by Gasteiger charge is -2.08. The Bertz CT molecular complexity index is 522. The van der Waals surface area contributed by atoms with Gasteiger partial charge in [0.1, 0.15) is 5.82 Å². The van der Waals surface area contributed by atoms with Crippen molar-refractivity contribution < 1.29 is 23.8 Å². The smallest absolute Gasteiger partial charge is 0.347 e. The van der Waals surface area contributed by atoms with E-state index in [1.165, 1.54) is 6.20 Å². The molecular weight excluding hydrogens is 288 g/mol. The van der Waals surface area contributed by atoms with Gasteiger partial charge in [0.15, 0.2) is 5.57 Å². The highest BCUT2D eigenvalue weighted by Gasteiger charge is 2.20. The van der Waals surface area contributed by atoms with Crippen molar-refractivity contribution in [2.45, 2.75) is 20.8 Å². The van der Waals surface area contributed by atoms with E-state index in [9.17, 15) is 9.59 Å². The van der Waals surface area contributed by atoms with Crippen LogP contribution in [0, 0.1) is 0 Å². The molecule has 22 heavy (non-hydrogen) atoms. The third kappa shape index (κ3) is 5.43. The van der Waals surface area contributed by atoms with Crippen LogP contribution in [0.25, 0.3) is 0 Å². The Morgan fingerprint density at radius 3 is 2.27 bits per heavy atom. The maximum atomic E-state index is 11.8. The number of anilines is 1. The molecule has 0 radical (unpaired) electrons. The monoisotopic (exact) mass is 308 g/mol. The maximum Gasteiger partial charge on any atom is 0.347 e. The standard InChI is InChI=1S/C15H20N2O5/c1-4-20-13-9-7-8-12(17-13)16-10-11(14(18)21-5-2)15(19)22-6-3/h7-10H,4-6H2,1-3H3,(H,16,17). The van der Waals surface area contributed by atoms with E-state index in [1.807, 2.05) is 6.92 Å². The lowest BCUT2D eigenvalue weighted by Crippen LogP contribution is -2.19. The van der Waals surface area contributed by atoms with Gasteiger partial charge < -0.3 is 19.5 Å². The van der Waals surface area contributed by atoms with Crippen LogP contribution in [0.15, 0.2) is 30.0 Å². The first kappa shape index (κ1) is 17.5. The summed E-state index contributed by atoms with van der Waals surface area (Å²) < 4.78 is 14.9. The molecule has 0 aromatic carbocycles. The van der Waals surface area contributed by atoms with Gasteiger partial charge in [-0.05, 0) is 26.8 Å². The summed E-state index contributed by atoms with van der Waals surface area (Å²) in [4.78, 5) is 27.7. The fraction of sp³-hybridized carbons (Fsp3) is 0.400. The summed E-state index contributed by atoms with van der Waals surface area (Å²) in [5, 5.41) is 2.77. The highest BCUT2D eigenvalue weighted by Crippen LogP contribution is 2.12. The van der Waals surface area contributed by atoms with E-state index in [-0.39, 0.29) is 18.8 Å². The summed E-state index contributed by atoms with van der Waals surface area (Å²) >= 11 is 0. The average Bonchev–Trinajstić information content (AvgIpc) is 2.49. The molecule has 0 amide bonds. The van der Waals surface area contributed by atoms with E-state index in [2.05, 4.69) is 10.3 Å². The Kier molecular flexibility index (Phi) is 7.45. The molecular formula is C15H20N2O5. The molecule has 0 aliphatic carbocycles. The molecule has 7 heteroatoms. The third-order valence-corrected chi connectivity index (χ3v) is 2.37. The summed E-state index contributed by atoms with van der Waals surface area (Å²) in [7, 11) is 0. The molecule has 0 bridgehead atoms. The van der Waals surface area contributed by atoms with E-state index in [0.29, 0.717) is 18.3 Å². The van der Waals surface area contributed by atoms with E-state index in [4.69, 9.17) is 14.2 Å². The normalized spacial score (nSPS) is 9.59. The van der Waals surface area contributed by atoms with Crippen LogP contribution in [-0.4, -0.2) is 36.7 Å². The minimum atomic E-state index is -0.755. The molecule has 0 fully saturated rings. The second-order valence-corrected chi connectivity index (χ2v) is 3.94. The number of carbonyl (C=O) groups excluding carboxylic acids is 2. The summed E-state index contributed by atoms with van der Waals surface area (Å²) in [6.45, 7) is 5.97. The lowest BCUT2D eigenvalue weighted by atomic mass is 10.3. The Morgan fingerprint density at radius 2 is 1.73 bits per heavy atom. The number of nitrogens with zero attached hydrogens (tertiary/aromatic N) is 1. The summed E-state index contributed by atoms with van der Waals surface area (Å²) in [6.07, 6.45) is 1.22. The van der Waals surface area contributed by atoms with E-state index >= 15 is 0 Å². The molecule has 1 aromatic rings. The Hall–Kier alpha value is -2.57. The van der Waals surface area contributed by atoms with Gasteiger partial charge in [-0.3, -0.25) is 0 Å². The van der Waals surface area contributed by atoms with Crippen LogP contribution in [-0.2, 0) is 19.1 Å². The van der Waals surface area contributed by atoms with Gasteiger partial charge in [0.25, 0.3) is 0 Å². The van der Waals surface area contributed by atoms with Gasteiger partial charge in [-0.25, -0.2) is 9.59 Å². The fourth-order valence-corrected chi connectivity index (χ4v) is 1.49. The second kappa shape index (κ2) is 9.38. The topological polar surface area (TPSA) is 86.8 Å². The van der Waals surface area contributed by atoms with E-state index in [0.717, 1.165) is 0 Å². The maximum absolute atomic E-state index is 11.8. The number of esters is 2. The number of pyridine rings is 1. The van der Waals surface area contributed by atoms with Crippen molar-refractivity contribution in [3.8, 4) is 5.88 Å². The molecule has 7 nitrogen and oxygen atoms in total. The first-order valence-electron chi connectivity index (χ1n) is 7.03. The van der Waals surface area contributed by atoms with E-state index in [1.54, 1.807) is 32.0 Å². The summed E-state index contributed by atoms with van der Waals surface area (Å²) in [6, 6.07) is 5.12. The summed E-state index contributed by atoms with van der Waals surface area (Å²) in [5.41, 5.74) is -0.229. The average molecular weight is 308 g/mol. The van der Waals surface area contributed by atoms with Crippen molar-refractivity contribution in [3.63, 3.8) is 0 Å². The number of hydrogen-bond acceptors (Lipinski definition) is 7. The van der Waals surface area contributed by atoms with Crippen molar-refractivity contribution in [2.24, 2.45) is 0 Å². The molecule has 0 saturated heterocycles. The molecule has 0 spiro atoms. The zero-order chi connectivity index (χ0) is 16.4. The van der Waals surface area contributed by atoms with Crippen molar-refractivity contribution >= 4 is 17.8 Å². The Morgan fingerprint density at radius 1 is 1.09 bits per heavy atom. The van der Waals surface area contributed by atoms with Gasteiger partial charge >= 0.3 is 11.9 Å². The van der Waals surface area contributed by atoms with Crippen LogP contribution < -0.4 is 10.1 Å². The van der Waals surface area contributed by atoms with Gasteiger partial charge in [-0.1, -0.05) is 6.07 Å². The molecule has 0 saturated carbocycles. The summed E-state index contributed by atoms with van der Waals surface area (Å²) in [5.74, 6) is -0.643. The predicted octanol–water partition coefficient (Wildman–Crippen LogP) is 1.90. The zero-order valence-corrected chi connectivity index (χ0v) is 12.9. The molecule has 1 rings (SSSR count). The van der Waals surface area contributed by atoms with Crippen LogP contribution in [0.4, 0.5) is 5.82 Å². The number of rotatable bonds is 8. The second-order valence-electron chi connectivity index (χ2n) is 3.94. The number of carbonyl (C=O) groups is 2. The van der Waals surface area contributed by atoms with Gasteiger partial charge in [0.05, 0.1) is 19.8 Å². The van der Waals surface area contributed by atoms with Crippen LogP contribution in [0.2, 0.25) is 0 Å². The predicted molar refractivity (Wildman–Crippen MR) is 80.4 cm³/mol. The van der Waals surface area contributed by atoms with Gasteiger partial charge in [0, 0.05) is 12.3 Å². The Balaban J connectivity index is 2.89.